The van der Waals surface area contributed by atoms with Gasteiger partial charge in [-0.15, -0.1) is 0 Å². The summed E-state index contributed by atoms with van der Waals surface area (Å²) in [6, 6.07) is 18.3. The van der Waals surface area contributed by atoms with E-state index in [1.54, 1.807) is 60.9 Å². The molecular formula is C21H19N3O4S. The quantitative estimate of drug-likeness (QED) is 0.694. The fourth-order valence-corrected chi connectivity index (χ4v) is 4.43. The molecule has 8 heteroatoms. The van der Waals surface area contributed by atoms with Gasteiger partial charge in [0.25, 0.3) is 10.0 Å². The Morgan fingerprint density at radius 3 is 2.48 bits per heavy atom. The van der Waals surface area contributed by atoms with E-state index in [1.165, 1.54) is 24.1 Å². The van der Waals surface area contributed by atoms with Crippen LogP contribution in [0.3, 0.4) is 0 Å². The van der Waals surface area contributed by atoms with E-state index >= 15 is 0 Å². The first kappa shape index (κ1) is 18.9. The summed E-state index contributed by atoms with van der Waals surface area (Å²) in [5.74, 6) is 0.346. The Morgan fingerprint density at radius 1 is 1.07 bits per heavy atom. The van der Waals surface area contributed by atoms with Crippen molar-refractivity contribution in [3.05, 3.63) is 84.3 Å². The third kappa shape index (κ3) is 3.79. The molecule has 0 fully saturated rings. The highest BCUT2D eigenvalue weighted by molar-refractivity contribution is 7.92. The number of carbonyl (C=O) groups excluding carboxylic acids is 1. The minimum absolute atomic E-state index is 0.164. The van der Waals surface area contributed by atoms with E-state index in [4.69, 9.17) is 4.42 Å². The molecule has 3 aromatic rings. The Hall–Kier alpha value is -3.39. The minimum Gasteiger partial charge on any atom is -0.463 e. The van der Waals surface area contributed by atoms with Crippen LogP contribution in [0.2, 0.25) is 0 Å². The van der Waals surface area contributed by atoms with Crippen LogP contribution >= 0.6 is 0 Å². The highest BCUT2D eigenvalue weighted by Crippen LogP contribution is 2.37. The number of nitrogens with zero attached hydrogens (tertiary/aromatic N) is 2. The molecule has 0 spiro atoms. The van der Waals surface area contributed by atoms with Crippen LogP contribution in [0.25, 0.3) is 0 Å². The van der Waals surface area contributed by atoms with Crippen LogP contribution in [-0.4, -0.2) is 25.0 Å². The number of hydrogen-bond acceptors (Lipinski definition) is 5. The maximum Gasteiger partial charge on any atom is 0.261 e. The predicted molar refractivity (Wildman–Crippen MR) is 109 cm³/mol. The first-order chi connectivity index (χ1) is 14.0. The number of anilines is 1. The van der Waals surface area contributed by atoms with Crippen LogP contribution in [0.5, 0.6) is 0 Å². The van der Waals surface area contributed by atoms with E-state index in [0.717, 1.165) is 0 Å². The first-order valence-electron chi connectivity index (χ1n) is 9.03. The van der Waals surface area contributed by atoms with Crippen LogP contribution in [-0.2, 0) is 14.8 Å². The third-order valence-corrected chi connectivity index (χ3v) is 6.04. The zero-order valence-electron chi connectivity index (χ0n) is 15.6. The maximum atomic E-state index is 12.8. The molecule has 2 aromatic carbocycles. The van der Waals surface area contributed by atoms with Gasteiger partial charge in [0.15, 0.2) is 0 Å². The van der Waals surface area contributed by atoms with Gasteiger partial charge in [-0.2, -0.15) is 5.10 Å². The van der Waals surface area contributed by atoms with E-state index in [1.807, 2.05) is 0 Å². The Morgan fingerprint density at radius 2 is 1.79 bits per heavy atom. The van der Waals surface area contributed by atoms with Crippen molar-refractivity contribution in [2.45, 2.75) is 24.3 Å². The van der Waals surface area contributed by atoms with E-state index in [-0.39, 0.29) is 10.8 Å². The summed E-state index contributed by atoms with van der Waals surface area (Å²) in [4.78, 5) is 12.4. The number of hydrogen-bond donors (Lipinski definition) is 1. The predicted octanol–water partition coefficient (Wildman–Crippen LogP) is 3.78. The van der Waals surface area contributed by atoms with Gasteiger partial charge in [-0.3, -0.25) is 9.52 Å². The van der Waals surface area contributed by atoms with Gasteiger partial charge in [-0.25, -0.2) is 13.4 Å². The van der Waals surface area contributed by atoms with E-state index in [0.29, 0.717) is 29.1 Å². The van der Waals surface area contributed by atoms with Crippen molar-refractivity contribution in [3.63, 3.8) is 0 Å². The number of rotatable bonds is 5. The number of sulfonamides is 1. The lowest BCUT2D eigenvalue weighted by molar-refractivity contribution is -0.130. The lowest BCUT2D eigenvalue weighted by Crippen LogP contribution is -2.25. The van der Waals surface area contributed by atoms with Crippen LogP contribution in [0.1, 0.15) is 30.7 Å². The molecule has 0 saturated heterocycles. The molecule has 7 nitrogen and oxygen atoms in total. The van der Waals surface area contributed by atoms with E-state index in [2.05, 4.69) is 9.82 Å². The van der Waals surface area contributed by atoms with Crippen LogP contribution in [0.4, 0.5) is 5.69 Å². The van der Waals surface area contributed by atoms with Crippen molar-refractivity contribution in [3.8, 4) is 0 Å². The van der Waals surface area contributed by atoms with Gasteiger partial charge in [0.2, 0.25) is 5.91 Å². The van der Waals surface area contributed by atoms with E-state index < -0.39 is 16.1 Å². The first-order valence-corrected chi connectivity index (χ1v) is 10.5. The van der Waals surface area contributed by atoms with Crippen LogP contribution in [0, 0.1) is 0 Å². The van der Waals surface area contributed by atoms with E-state index in [9.17, 15) is 13.2 Å². The molecular weight excluding hydrogens is 390 g/mol. The lowest BCUT2D eigenvalue weighted by Gasteiger charge is -2.23. The topological polar surface area (TPSA) is 92.0 Å². The molecule has 2 heterocycles. The second kappa shape index (κ2) is 7.56. The van der Waals surface area contributed by atoms with Gasteiger partial charge in [0.05, 0.1) is 22.9 Å². The normalized spacial score (nSPS) is 16.5. The van der Waals surface area contributed by atoms with Crippen LogP contribution < -0.4 is 4.72 Å². The molecule has 0 saturated carbocycles. The van der Waals surface area contributed by atoms with Crippen molar-refractivity contribution in [1.82, 2.24) is 5.01 Å². The number of benzene rings is 2. The molecule has 1 atom stereocenters. The third-order valence-electron chi connectivity index (χ3n) is 4.66. The Labute approximate surface area is 168 Å². The smallest absolute Gasteiger partial charge is 0.261 e. The number of nitrogens with one attached hydrogen (secondary N) is 1. The summed E-state index contributed by atoms with van der Waals surface area (Å²) < 4.78 is 33.7. The molecule has 0 bridgehead atoms. The second-order valence-corrected chi connectivity index (χ2v) is 8.30. The summed E-state index contributed by atoms with van der Waals surface area (Å²) >= 11 is 0. The molecule has 1 aliphatic heterocycles. The molecule has 29 heavy (non-hydrogen) atoms. The molecule has 0 unspecified atom stereocenters. The molecule has 4 rings (SSSR count). The number of para-hydroxylation sites is 1. The number of furan rings is 1. The van der Waals surface area contributed by atoms with Crippen molar-refractivity contribution in [2.75, 3.05) is 4.72 Å². The molecule has 1 amide bonds. The van der Waals surface area contributed by atoms with Gasteiger partial charge >= 0.3 is 0 Å². The Balaban J connectivity index is 1.69. The number of amides is 1. The molecule has 1 aromatic heterocycles. The maximum absolute atomic E-state index is 12.8. The summed E-state index contributed by atoms with van der Waals surface area (Å²) in [5, 5.41) is 5.78. The highest BCUT2D eigenvalue weighted by atomic mass is 32.2. The zero-order chi connectivity index (χ0) is 20.4. The number of carbonyl (C=O) groups is 1. The summed E-state index contributed by atoms with van der Waals surface area (Å²) in [5.41, 5.74) is 1.70. The number of hydrazone groups is 1. The molecule has 1 N–H and O–H groups in total. The molecule has 148 valence electrons. The standard InChI is InChI=1S/C21H19N3O4S/c1-15(25)24-20(14-19(22-24)21-12-7-13-28-21)17-10-5-6-11-18(17)23-29(26,27)16-8-3-2-4-9-16/h2-13,20,23H,14H2,1H3/t20-/m0/s1. The average Bonchev–Trinajstić information content (AvgIpc) is 3.39. The largest absolute Gasteiger partial charge is 0.463 e. The summed E-state index contributed by atoms with van der Waals surface area (Å²) in [6.45, 7) is 1.43. The molecule has 0 aliphatic carbocycles. The van der Waals surface area contributed by atoms with Crippen molar-refractivity contribution >= 4 is 27.3 Å². The monoisotopic (exact) mass is 409 g/mol. The van der Waals surface area contributed by atoms with Crippen molar-refractivity contribution in [1.29, 1.82) is 0 Å². The molecule has 1 aliphatic rings. The second-order valence-electron chi connectivity index (χ2n) is 6.61. The van der Waals surface area contributed by atoms with Gasteiger partial charge in [0, 0.05) is 18.9 Å². The Kier molecular flexibility index (Phi) is 4.94. The summed E-state index contributed by atoms with van der Waals surface area (Å²) in [7, 11) is -3.77. The van der Waals surface area contributed by atoms with Crippen molar-refractivity contribution < 1.29 is 17.6 Å². The van der Waals surface area contributed by atoms with Gasteiger partial charge < -0.3 is 4.42 Å². The lowest BCUT2D eigenvalue weighted by atomic mass is 9.99. The van der Waals surface area contributed by atoms with Gasteiger partial charge in [-0.1, -0.05) is 36.4 Å². The Bertz CT molecular complexity index is 1160. The fraction of sp³-hybridized carbons (Fsp3) is 0.143. The molecule has 0 radical (unpaired) electrons. The van der Waals surface area contributed by atoms with Gasteiger partial charge in [0.1, 0.15) is 11.5 Å². The highest BCUT2D eigenvalue weighted by Gasteiger charge is 2.34. The van der Waals surface area contributed by atoms with Crippen molar-refractivity contribution in [2.24, 2.45) is 5.10 Å². The van der Waals surface area contributed by atoms with Gasteiger partial charge in [-0.05, 0) is 30.3 Å². The zero-order valence-corrected chi connectivity index (χ0v) is 16.5. The minimum atomic E-state index is -3.77. The SMILES string of the molecule is CC(=O)N1N=C(c2ccco2)C[C@H]1c1ccccc1NS(=O)(=O)c1ccccc1. The fourth-order valence-electron chi connectivity index (χ4n) is 3.32. The summed E-state index contributed by atoms with van der Waals surface area (Å²) in [6.07, 6.45) is 1.96. The van der Waals surface area contributed by atoms with Crippen LogP contribution in [0.15, 0.2) is 87.4 Å². The average molecular weight is 409 g/mol.